The summed E-state index contributed by atoms with van der Waals surface area (Å²) in [6.45, 7) is 2.62. The zero-order valence-corrected chi connectivity index (χ0v) is 9.15. The predicted molar refractivity (Wildman–Crippen MR) is 60.5 cm³/mol. The first-order chi connectivity index (χ1) is 7.86. The van der Waals surface area contributed by atoms with E-state index in [4.69, 9.17) is 0 Å². The Balaban J connectivity index is 1.79. The van der Waals surface area contributed by atoms with Crippen LogP contribution in [0, 0.1) is 0 Å². The van der Waals surface area contributed by atoms with E-state index < -0.39 is 0 Å². The van der Waals surface area contributed by atoms with Gasteiger partial charge in [-0.3, -0.25) is 4.90 Å². The normalized spacial score (nSPS) is 19.2. The number of isocyanates is 1. The fourth-order valence-corrected chi connectivity index (χ4v) is 2.39. The van der Waals surface area contributed by atoms with Crippen LogP contribution in [0.2, 0.25) is 0 Å². The van der Waals surface area contributed by atoms with Crippen molar-refractivity contribution < 1.29 is 4.79 Å². The summed E-state index contributed by atoms with van der Waals surface area (Å²) >= 11 is 0. The lowest BCUT2D eigenvalue weighted by molar-refractivity contribution is 0.273. The van der Waals surface area contributed by atoms with Crippen molar-refractivity contribution in [2.75, 3.05) is 0 Å². The molecule has 3 nitrogen and oxygen atoms in total. The monoisotopic (exact) mass is 214 g/mol. The molecule has 1 aliphatic heterocycles. The van der Waals surface area contributed by atoms with Gasteiger partial charge in [-0.2, -0.15) is 0 Å². The van der Waals surface area contributed by atoms with Crippen LogP contribution >= 0.6 is 0 Å². The van der Waals surface area contributed by atoms with Gasteiger partial charge in [0.15, 0.2) is 0 Å². The average molecular weight is 214 g/mol. The van der Waals surface area contributed by atoms with Gasteiger partial charge in [-0.15, -0.1) is 0 Å². The van der Waals surface area contributed by atoms with Crippen LogP contribution in [0.1, 0.15) is 29.5 Å². The lowest BCUT2D eigenvalue weighted by atomic mass is 10.1. The number of nitrogens with zero attached hydrogens (tertiary/aromatic N) is 2. The number of carbonyl (C=O) groups excluding carboxylic acids is 1. The van der Waals surface area contributed by atoms with E-state index in [0.29, 0.717) is 6.54 Å². The highest BCUT2D eigenvalue weighted by atomic mass is 16.1. The van der Waals surface area contributed by atoms with Gasteiger partial charge in [0.05, 0.1) is 6.54 Å². The molecule has 0 bridgehead atoms. The lowest BCUT2D eigenvalue weighted by Gasteiger charge is -2.11. The Bertz CT molecular complexity index is 459. The molecule has 0 saturated heterocycles. The number of hydrogen-bond acceptors (Lipinski definition) is 3. The fourth-order valence-electron chi connectivity index (χ4n) is 2.39. The molecule has 1 aliphatic carbocycles. The molecule has 0 N–H and O–H groups in total. The minimum atomic E-state index is 0.459. The second-order valence-electron chi connectivity index (χ2n) is 4.65. The Morgan fingerprint density at radius 3 is 2.88 bits per heavy atom. The summed E-state index contributed by atoms with van der Waals surface area (Å²) in [4.78, 5) is 16.2. The lowest BCUT2D eigenvalue weighted by Crippen LogP contribution is -2.18. The van der Waals surface area contributed by atoms with Gasteiger partial charge in [-0.05, 0) is 29.5 Å². The third-order valence-electron chi connectivity index (χ3n) is 3.41. The summed E-state index contributed by atoms with van der Waals surface area (Å²) in [5, 5.41) is 0. The Morgan fingerprint density at radius 1 is 1.31 bits per heavy atom. The smallest absolute Gasteiger partial charge is 0.235 e. The molecule has 1 saturated carbocycles. The van der Waals surface area contributed by atoms with Crippen LogP contribution in [0.5, 0.6) is 0 Å². The highest BCUT2D eigenvalue weighted by Gasteiger charge is 2.32. The topological polar surface area (TPSA) is 32.7 Å². The second kappa shape index (κ2) is 3.85. The van der Waals surface area contributed by atoms with E-state index in [2.05, 4.69) is 28.1 Å². The summed E-state index contributed by atoms with van der Waals surface area (Å²) < 4.78 is 0. The van der Waals surface area contributed by atoms with Crippen LogP contribution in [-0.4, -0.2) is 17.0 Å². The van der Waals surface area contributed by atoms with E-state index in [1.54, 1.807) is 6.08 Å². The SMILES string of the molecule is O=C=NCc1ccc2c(c1)CN(C1CC1)C2. The second-order valence-corrected chi connectivity index (χ2v) is 4.65. The maximum atomic E-state index is 10.1. The summed E-state index contributed by atoms with van der Waals surface area (Å²) in [5.74, 6) is 0. The first-order valence-corrected chi connectivity index (χ1v) is 5.75. The van der Waals surface area contributed by atoms with Gasteiger partial charge >= 0.3 is 0 Å². The number of fused-ring (bicyclic) bond motifs is 1. The van der Waals surface area contributed by atoms with Crippen LogP contribution in [0.4, 0.5) is 0 Å². The van der Waals surface area contributed by atoms with Gasteiger partial charge in [-0.1, -0.05) is 18.2 Å². The molecule has 0 atom stereocenters. The van der Waals surface area contributed by atoms with Crippen molar-refractivity contribution >= 4 is 6.08 Å². The molecule has 1 aromatic carbocycles. The highest BCUT2D eigenvalue weighted by Crippen LogP contribution is 2.34. The van der Waals surface area contributed by atoms with Crippen molar-refractivity contribution in [2.24, 2.45) is 4.99 Å². The zero-order valence-electron chi connectivity index (χ0n) is 9.15. The third-order valence-corrected chi connectivity index (χ3v) is 3.41. The van der Waals surface area contributed by atoms with E-state index in [0.717, 1.165) is 24.7 Å². The molecule has 1 fully saturated rings. The summed E-state index contributed by atoms with van der Waals surface area (Å²) in [6.07, 6.45) is 4.30. The number of rotatable bonds is 3. The molecule has 0 aromatic heterocycles. The summed E-state index contributed by atoms with van der Waals surface area (Å²) in [5.41, 5.74) is 3.95. The maximum Gasteiger partial charge on any atom is 0.235 e. The van der Waals surface area contributed by atoms with Crippen molar-refractivity contribution in [3.63, 3.8) is 0 Å². The Morgan fingerprint density at radius 2 is 2.12 bits per heavy atom. The third kappa shape index (κ3) is 1.80. The molecule has 3 rings (SSSR count). The quantitative estimate of drug-likeness (QED) is 0.569. The average Bonchev–Trinajstić information content (AvgIpc) is 3.06. The van der Waals surface area contributed by atoms with E-state index in [-0.39, 0.29) is 0 Å². The fraction of sp³-hybridized carbons (Fsp3) is 0.462. The molecule has 0 amide bonds. The van der Waals surface area contributed by atoms with Gasteiger partial charge in [0.1, 0.15) is 0 Å². The van der Waals surface area contributed by atoms with Crippen molar-refractivity contribution in [3.05, 3.63) is 34.9 Å². The van der Waals surface area contributed by atoms with Crippen molar-refractivity contribution in [1.29, 1.82) is 0 Å². The Labute approximate surface area is 94.8 Å². The van der Waals surface area contributed by atoms with Gasteiger partial charge in [0, 0.05) is 19.1 Å². The molecular weight excluding hydrogens is 200 g/mol. The minimum absolute atomic E-state index is 0.459. The van der Waals surface area contributed by atoms with Crippen molar-refractivity contribution in [3.8, 4) is 0 Å². The molecule has 82 valence electrons. The molecule has 1 heterocycles. The molecule has 0 spiro atoms. The van der Waals surface area contributed by atoms with E-state index in [1.807, 2.05) is 0 Å². The molecule has 3 heteroatoms. The molecule has 2 aliphatic rings. The van der Waals surface area contributed by atoms with Gasteiger partial charge in [0.2, 0.25) is 6.08 Å². The molecular formula is C13H14N2O. The number of benzene rings is 1. The highest BCUT2D eigenvalue weighted by molar-refractivity contribution is 5.37. The first kappa shape index (κ1) is 9.76. The van der Waals surface area contributed by atoms with E-state index in [1.165, 1.54) is 24.0 Å². The first-order valence-electron chi connectivity index (χ1n) is 5.75. The number of aliphatic imine (C=N–C) groups is 1. The van der Waals surface area contributed by atoms with E-state index >= 15 is 0 Å². The maximum absolute atomic E-state index is 10.1. The molecule has 0 unspecified atom stereocenters. The van der Waals surface area contributed by atoms with Gasteiger partial charge in [0.25, 0.3) is 0 Å². The van der Waals surface area contributed by atoms with Crippen LogP contribution in [0.3, 0.4) is 0 Å². The summed E-state index contributed by atoms with van der Waals surface area (Å²) in [7, 11) is 0. The zero-order chi connectivity index (χ0) is 11.0. The van der Waals surface area contributed by atoms with Crippen LogP contribution in [0.25, 0.3) is 0 Å². The van der Waals surface area contributed by atoms with E-state index in [9.17, 15) is 4.79 Å². The predicted octanol–water partition coefficient (Wildman–Crippen LogP) is 2.00. The largest absolute Gasteiger partial charge is 0.292 e. The Hall–Kier alpha value is -1.44. The van der Waals surface area contributed by atoms with Gasteiger partial charge in [-0.25, -0.2) is 9.79 Å². The van der Waals surface area contributed by atoms with Crippen molar-refractivity contribution in [2.45, 2.75) is 38.5 Å². The van der Waals surface area contributed by atoms with Gasteiger partial charge < -0.3 is 0 Å². The minimum Gasteiger partial charge on any atom is -0.292 e. The Kier molecular flexibility index (Phi) is 2.35. The molecule has 16 heavy (non-hydrogen) atoms. The van der Waals surface area contributed by atoms with Crippen LogP contribution < -0.4 is 0 Å². The number of hydrogen-bond donors (Lipinski definition) is 0. The molecule has 0 radical (unpaired) electrons. The van der Waals surface area contributed by atoms with Crippen molar-refractivity contribution in [1.82, 2.24) is 4.90 Å². The molecule has 1 aromatic rings. The summed E-state index contributed by atoms with van der Waals surface area (Å²) in [6, 6.07) is 7.24. The van der Waals surface area contributed by atoms with Crippen LogP contribution in [0.15, 0.2) is 23.2 Å². The standard InChI is InChI=1S/C13H14N2O/c16-9-14-6-10-1-2-11-7-15(13-3-4-13)8-12(11)5-10/h1-2,5,13H,3-4,6-8H2. The van der Waals surface area contributed by atoms with Crippen LogP contribution in [-0.2, 0) is 24.4 Å².